The average molecular weight is 625 g/mol. The summed E-state index contributed by atoms with van der Waals surface area (Å²) in [5, 5.41) is 10.8. The second-order valence-electron chi connectivity index (χ2n) is 7.64. The Labute approximate surface area is 224 Å². The van der Waals surface area contributed by atoms with E-state index in [1.807, 2.05) is 29.5 Å². The molecule has 1 aliphatic heterocycles. The van der Waals surface area contributed by atoms with Gasteiger partial charge < -0.3 is 14.6 Å². The van der Waals surface area contributed by atoms with Crippen molar-refractivity contribution in [3.63, 3.8) is 0 Å². The van der Waals surface area contributed by atoms with Crippen LogP contribution in [0.15, 0.2) is 57.5 Å². The zero-order valence-electron chi connectivity index (χ0n) is 19.2. The number of halogens is 2. The molecule has 0 saturated carbocycles. The Morgan fingerprint density at radius 1 is 1.26 bits per heavy atom. The molecular weight excluding hydrogens is 603 g/mol. The van der Waals surface area contributed by atoms with Crippen LogP contribution in [0.25, 0.3) is 6.08 Å². The average Bonchev–Trinajstić information content (AvgIpc) is 3.11. The number of hydrogen-bond acceptors (Lipinski definition) is 7. The number of ether oxygens (including phenoxy) is 2. The van der Waals surface area contributed by atoms with Crippen LogP contribution in [0.2, 0.25) is 5.02 Å². The molecule has 0 bridgehead atoms. The molecule has 0 amide bonds. The molecule has 2 aromatic carbocycles. The quantitative estimate of drug-likeness (QED) is 0.329. The molecule has 2 heterocycles. The smallest absolute Gasteiger partial charge is 0.338 e. The zero-order valence-corrected chi connectivity index (χ0v) is 22.9. The maximum Gasteiger partial charge on any atom is 0.338 e. The number of fused-ring (bicyclic) bond motifs is 1. The summed E-state index contributed by atoms with van der Waals surface area (Å²) in [5.74, 6) is -0.112. The Bertz CT molecular complexity index is 1510. The van der Waals surface area contributed by atoms with Crippen molar-refractivity contribution in [1.29, 1.82) is 0 Å². The van der Waals surface area contributed by atoms with Gasteiger partial charge in [0.15, 0.2) is 16.3 Å². The Kier molecular flexibility index (Phi) is 7.67. The number of aromatic nitrogens is 1. The maximum absolute atomic E-state index is 13.7. The highest BCUT2D eigenvalue weighted by molar-refractivity contribution is 14.1. The Hall–Kier alpha value is -2.63. The largest absolute Gasteiger partial charge is 0.504 e. The van der Waals surface area contributed by atoms with Gasteiger partial charge in [0.05, 0.1) is 38.6 Å². The minimum atomic E-state index is -0.705. The van der Waals surface area contributed by atoms with Crippen molar-refractivity contribution in [1.82, 2.24) is 4.57 Å². The molecule has 1 aromatic heterocycles. The number of allylic oxidation sites excluding steroid dienone is 1. The van der Waals surface area contributed by atoms with Crippen molar-refractivity contribution in [3.05, 3.63) is 87.1 Å². The van der Waals surface area contributed by atoms with E-state index in [0.29, 0.717) is 47.1 Å². The van der Waals surface area contributed by atoms with Gasteiger partial charge in [-0.15, -0.1) is 0 Å². The van der Waals surface area contributed by atoms with E-state index >= 15 is 0 Å². The molecular formula is C25H22ClIN2O5S. The number of benzene rings is 2. The van der Waals surface area contributed by atoms with Crippen molar-refractivity contribution >= 4 is 57.6 Å². The lowest BCUT2D eigenvalue weighted by Crippen LogP contribution is -2.39. The van der Waals surface area contributed by atoms with Gasteiger partial charge in [0.25, 0.3) is 5.56 Å². The summed E-state index contributed by atoms with van der Waals surface area (Å²) in [7, 11) is 0. The molecule has 1 aliphatic rings. The van der Waals surface area contributed by atoms with E-state index in [9.17, 15) is 14.7 Å². The number of thiazole rings is 1. The van der Waals surface area contributed by atoms with Crippen LogP contribution < -0.4 is 19.6 Å². The normalized spacial score (nSPS) is 15.6. The number of rotatable bonds is 6. The molecule has 0 fully saturated rings. The number of esters is 1. The molecule has 182 valence electrons. The fourth-order valence-corrected chi connectivity index (χ4v) is 5.64. The van der Waals surface area contributed by atoms with Crippen molar-refractivity contribution in [2.75, 3.05) is 13.2 Å². The van der Waals surface area contributed by atoms with Gasteiger partial charge in [0.1, 0.15) is 0 Å². The van der Waals surface area contributed by atoms with Gasteiger partial charge in [-0.05, 0) is 84.8 Å². The van der Waals surface area contributed by atoms with E-state index in [2.05, 4.69) is 4.99 Å². The third-order valence-electron chi connectivity index (χ3n) is 5.35. The number of hydrogen-bond donors (Lipinski definition) is 1. The minimum Gasteiger partial charge on any atom is -0.504 e. The second-order valence-corrected chi connectivity index (χ2v) is 10.2. The van der Waals surface area contributed by atoms with Crippen LogP contribution in [0.4, 0.5) is 0 Å². The van der Waals surface area contributed by atoms with Gasteiger partial charge in [-0.3, -0.25) is 9.36 Å². The van der Waals surface area contributed by atoms with E-state index in [4.69, 9.17) is 21.1 Å². The summed E-state index contributed by atoms with van der Waals surface area (Å²) in [6, 6.07) is 9.77. The molecule has 10 heteroatoms. The lowest BCUT2D eigenvalue weighted by molar-refractivity contribution is -0.139. The van der Waals surface area contributed by atoms with Gasteiger partial charge in [-0.1, -0.05) is 35.1 Å². The molecule has 1 N–H and O–H groups in total. The molecule has 7 nitrogen and oxygen atoms in total. The SMILES string of the molecule is CCOC(=O)C1=C(C)N=c2s/c(=C/c3cc(I)c(O)c(OCC)c3)c(=O)n2C1c1ccc(Cl)cc1. The van der Waals surface area contributed by atoms with E-state index < -0.39 is 12.0 Å². The van der Waals surface area contributed by atoms with Crippen LogP contribution in [-0.2, 0) is 9.53 Å². The molecule has 4 rings (SSSR count). The summed E-state index contributed by atoms with van der Waals surface area (Å²) in [4.78, 5) is 31.6. The molecule has 3 aromatic rings. The molecule has 35 heavy (non-hydrogen) atoms. The number of phenols is 1. The van der Waals surface area contributed by atoms with Crippen molar-refractivity contribution in [2.45, 2.75) is 26.8 Å². The standard InChI is InChI=1S/C25H22ClIN2O5S/c1-4-33-18-11-14(10-17(27)22(18)30)12-19-23(31)29-21(15-6-8-16(26)9-7-15)20(24(32)34-5-2)13(3)28-25(29)35-19/h6-12,21,30H,4-5H2,1-3H3/b19-12+. The maximum atomic E-state index is 13.7. The number of carbonyl (C=O) groups excluding carboxylic acids is 1. The van der Waals surface area contributed by atoms with E-state index in [1.54, 1.807) is 56.3 Å². The van der Waals surface area contributed by atoms with Crippen LogP contribution in [0.1, 0.15) is 37.9 Å². The fourth-order valence-electron chi connectivity index (χ4n) is 3.85. The van der Waals surface area contributed by atoms with Crippen molar-refractivity contribution < 1.29 is 19.4 Å². The first kappa shape index (κ1) is 25.5. The monoisotopic (exact) mass is 624 g/mol. The highest BCUT2D eigenvalue weighted by Crippen LogP contribution is 2.33. The van der Waals surface area contributed by atoms with Crippen LogP contribution >= 0.6 is 45.5 Å². The van der Waals surface area contributed by atoms with Crippen molar-refractivity contribution in [2.24, 2.45) is 4.99 Å². The molecule has 1 atom stereocenters. The highest BCUT2D eigenvalue weighted by atomic mass is 127. The summed E-state index contributed by atoms with van der Waals surface area (Å²) in [6.45, 7) is 5.90. The molecule has 0 aliphatic carbocycles. The topological polar surface area (TPSA) is 90.1 Å². The lowest BCUT2D eigenvalue weighted by Gasteiger charge is -2.24. The summed E-state index contributed by atoms with van der Waals surface area (Å²) < 4.78 is 13.4. The Morgan fingerprint density at radius 2 is 1.97 bits per heavy atom. The van der Waals surface area contributed by atoms with Crippen LogP contribution in [0.3, 0.4) is 0 Å². The van der Waals surface area contributed by atoms with Crippen LogP contribution in [0, 0.1) is 3.57 Å². The summed E-state index contributed by atoms with van der Waals surface area (Å²) >= 11 is 9.34. The predicted octanol–water partition coefficient (Wildman–Crippen LogP) is 4.16. The van der Waals surface area contributed by atoms with Gasteiger partial charge >= 0.3 is 5.97 Å². The predicted molar refractivity (Wildman–Crippen MR) is 144 cm³/mol. The first-order valence-corrected chi connectivity index (χ1v) is 13.1. The first-order chi connectivity index (χ1) is 16.7. The summed E-state index contributed by atoms with van der Waals surface area (Å²) in [5.41, 5.74) is 1.94. The minimum absolute atomic E-state index is 0.0588. The van der Waals surface area contributed by atoms with Crippen LogP contribution in [-0.4, -0.2) is 28.9 Å². The third kappa shape index (κ3) is 5.03. The first-order valence-electron chi connectivity index (χ1n) is 10.9. The zero-order chi connectivity index (χ0) is 25.3. The number of nitrogens with zero attached hydrogens (tertiary/aromatic N) is 2. The van der Waals surface area contributed by atoms with E-state index in [-0.39, 0.29) is 17.9 Å². The Morgan fingerprint density at radius 3 is 2.63 bits per heavy atom. The van der Waals surface area contributed by atoms with E-state index in [1.165, 1.54) is 15.9 Å². The molecule has 0 spiro atoms. The van der Waals surface area contributed by atoms with Gasteiger partial charge in [0.2, 0.25) is 0 Å². The summed E-state index contributed by atoms with van der Waals surface area (Å²) in [6.07, 6.45) is 1.73. The fraction of sp³-hybridized carbons (Fsp3) is 0.240. The number of phenolic OH excluding ortho intramolecular Hbond substituents is 1. The molecule has 1 unspecified atom stereocenters. The number of aromatic hydroxyl groups is 1. The highest BCUT2D eigenvalue weighted by Gasteiger charge is 2.33. The van der Waals surface area contributed by atoms with Crippen molar-refractivity contribution in [3.8, 4) is 11.5 Å². The van der Waals surface area contributed by atoms with Crippen LogP contribution in [0.5, 0.6) is 11.5 Å². The third-order valence-corrected chi connectivity index (χ3v) is 7.41. The Balaban J connectivity index is 1.93. The lowest BCUT2D eigenvalue weighted by atomic mass is 9.96. The van der Waals surface area contributed by atoms with E-state index in [0.717, 1.165) is 5.56 Å². The molecule has 0 radical (unpaired) electrons. The van der Waals surface area contributed by atoms with Gasteiger partial charge in [-0.2, -0.15) is 0 Å². The van der Waals surface area contributed by atoms with Gasteiger partial charge in [0, 0.05) is 5.02 Å². The van der Waals surface area contributed by atoms with Gasteiger partial charge in [-0.25, -0.2) is 9.79 Å². The second kappa shape index (κ2) is 10.5. The molecule has 0 saturated heterocycles. The number of carbonyl (C=O) groups is 1.